The van der Waals surface area contributed by atoms with Crippen LogP contribution in [0, 0.1) is 5.82 Å². The minimum atomic E-state index is -0.364. The fraction of sp³-hybridized carbons (Fsp3) is 0.125. The van der Waals surface area contributed by atoms with E-state index in [0.29, 0.717) is 11.4 Å². The number of fused-ring (bicyclic) bond motifs is 1. The summed E-state index contributed by atoms with van der Waals surface area (Å²) in [6.07, 6.45) is 0. The monoisotopic (exact) mass is 283 g/mol. The molecule has 1 aromatic heterocycles. The van der Waals surface area contributed by atoms with Crippen LogP contribution >= 0.6 is 0 Å². The maximum absolute atomic E-state index is 12.8. The predicted octanol–water partition coefficient (Wildman–Crippen LogP) is 3.19. The van der Waals surface area contributed by atoms with Gasteiger partial charge in [-0.1, -0.05) is 12.1 Å². The van der Waals surface area contributed by atoms with Crippen LogP contribution in [0.5, 0.6) is 0 Å². The lowest BCUT2D eigenvalue weighted by molar-refractivity contribution is 0.0938. The molecule has 2 aromatic carbocycles. The first-order chi connectivity index (χ1) is 10.1. The molecular weight excluding hydrogens is 269 g/mol. The standard InChI is InChI=1S/C16H14FN3O/c1-10(15-19-13-4-2-3-5-14(13)20-15)18-16(21)11-6-8-12(17)9-7-11/h2-10H,1H3,(H,18,21)(H,19,20)/t10-/m1/s1. The Morgan fingerprint density at radius 3 is 2.62 bits per heavy atom. The third-order valence-corrected chi connectivity index (χ3v) is 3.27. The number of aromatic amines is 1. The molecular formula is C16H14FN3O. The molecule has 4 nitrogen and oxygen atoms in total. The first-order valence-electron chi connectivity index (χ1n) is 6.64. The van der Waals surface area contributed by atoms with E-state index in [1.54, 1.807) is 0 Å². The quantitative estimate of drug-likeness (QED) is 0.775. The van der Waals surface area contributed by atoms with Gasteiger partial charge in [-0.3, -0.25) is 4.79 Å². The molecule has 0 bridgehead atoms. The summed E-state index contributed by atoms with van der Waals surface area (Å²) in [7, 11) is 0. The number of imidazole rings is 1. The van der Waals surface area contributed by atoms with Gasteiger partial charge in [-0.15, -0.1) is 0 Å². The molecule has 0 aliphatic heterocycles. The smallest absolute Gasteiger partial charge is 0.251 e. The molecule has 1 atom stereocenters. The number of H-pyrrole nitrogens is 1. The highest BCUT2D eigenvalue weighted by atomic mass is 19.1. The van der Waals surface area contributed by atoms with E-state index in [-0.39, 0.29) is 17.8 Å². The molecule has 1 amide bonds. The Morgan fingerprint density at radius 2 is 1.90 bits per heavy atom. The van der Waals surface area contributed by atoms with Crippen molar-refractivity contribution in [1.29, 1.82) is 0 Å². The number of hydrogen-bond donors (Lipinski definition) is 2. The Balaban J connectivity index is 1.77. The van der Waals surface area contributed by atoms with Crippen molar-refractivity contribution in [3.05, 3.63) is 65.7 Å². The van der Waals surface area contributed by atoms with Gasteiger partial charge in [0.05, 0.1) is 17.1 Å². The van der Waals surface area contributed by atoms with Crippen LogP contribution < -0.4 is 5.32 Å². The summed E-state index contributed by atoms with van der Waals surface area (Å²) in [5.41, 5.74) is 2.20. The molecule has 1 heterocycles. The summed E-state index contributed by atoms with van der Waals surface area (Å²) in [6.45, 7) is 1.85. The van der Waals surface area contributed by atoms with Crippen molar-refractivity contribution in [1.82, 2.24) is 15.3 Å². The van der Waals surface area contributed by atoms with Crippen molar-refractivity contribution in [3.8, 4) is 0 Å². The fourth-order valence-corrected chi connectivity index (χ4v) is 2.13. The van der Waals surface area contributed by atoms with Gasteiger partial charge in [-0.05, 0) is 43.3 Å². The van der Waals surface area contributed by atoms with Gasteiger partial charge in [-0.2, -0.15) is 0 Å². The van der Waals surface area contributed by atoms with Crippen molar-refractivity contribution in [2.24, 2.45) is 0 Å². The summed E-state index contributed by atoms with van der Waals surface area (Å²) in [5.74, 6) is 0.0616. The van der Waals surface area contributed by atoms with E-state index in [4.69, 9.17) is 0 Å². The molecule has 0 radical (unpaired) electrons. The normalized spacial score (nSPS) is 12.3. The largest absolute Gasteiger partial charge is 0.342 e. The number of carbonyl (C=O) groups is 1. The lowest BCUT2D eigenvalue weighted by Crippen LogP contribution is -2.27. The molecule has 106 valence electrons. The number of para-hydroxylation sites is 2. The number of nitrogens with one attached hydrogen (secondary N) is 2. The zero-order valence-corrected chi connectivity index (χ0v) is 11.4. The maximum atomic E-state index is 12.8. The van der Waals surface area contributed by atoms with Gasteiger partial charge in [0, 0.05) is 5.56 Å². The van der Waals surface area contributed by atoms with Gasteiger partial charge in [0.15, 0.2) is 0 Å². The number of amides is 1. The Bertz CT molecular complexity index is 747. The number of aromatic nitrogens is 2. The average Bonchev–Trinajstić information content (AvgIpc) is 2.92. The Hall–Kier alpha value is -2.69. The van der Waals surface area contributed by atoms with E-state index in [0.717, 1.165) is 11.0 Å². The Morgan fingerprint density at radius 1 is 1.19 bits per heavy atom. The van der Waals surface area contributed by atoms with Gasteiger partial charge in [0.2, 0.25) is 0 Å². The minimum Gasteiger partial charge on any atom is -0.342 e. The second-order valence-electron chi connectivity index (χ2n) is 4.84. The molecule has 0 aliphatic carbocycles. The summed E-state index contributed by atoms with van der Waals surface area (Å²) < 4.78 is 12.8. The fourth-order valence-electron chi connectivity index (χ4n) is 2.13. The van der Waals surface area contributed by atoms with Gasteiger partial charge < -0.3 is 10.3 Å². The van der Waals surface area contributed by atoms with Crippen molar-refractivity contribution >= 4 is 16.9 Å². The van der Waals surface area contributed by atoms with Crippen molar-refractivity contribution < 1.29 is 9.18 Å². The summed E-state index contributed by atoms with van der Waals surface area (Å²) in [4.78, 5) is 19.7. The number of rotatable bonds is 3. The van der Waals surface area contributed by atoms with Crippen LogP contribution in [0.25, 0.3) is 11.0 Å². The van der Waals surface area contributed by atoms with Crippen molar-refractivity contribution in [2.45, 2.75) is 13.0 Å². The molecule has 0 spiro atoms. The second kappa shape index (κ2) is 5.36. The van der Waals surface area contributed by atoms with Crippen molar-refractivity contribution in [2.75, 3.05) is 0 Å². The number of halogens is 1. The van der Waals surface area contributed by atoms with E-state index in [2.05, 4.69) is 15.3 Å². The molecule has 2 N–H and O–H groups in total. The molecule has 21 heavy (non-hydrogen) atoms. The minimum absolute atomic E-state index is 0.261. The van der Waals surface area contributed by atoms with Crippen LogP contribution in [0.4, 0.5) is 4.39 Å². The summed E-state index contributed by atoms with van der Waals surface area (Å²) in [6, 6.07) is 12.8. The average molecular weight is 283 g/mol. The maximum Gasteiger partial charge on any atom is 0.251 e. The first-order valence-corrected chi connectivity index (χ1v) is 6.64. The lowest BCUT2D eigenvalue weighted by atomic mass is 10.2. The van der Waals surface area contributed by atoms with Gasteiger partial charge >= 0.3 is 0 Å². The molecule has 0 saturated heterocycles. The van der Waals surface area contributed by atoms with Crippen LogP contribution in [0.2, 0.25) is 0 Å². The second-order valence-corrected chi connectivity index (χ2v) is 4.84. The third kappa shape index (κ3) is 2.76. The van der Waals surface area contributed by atoms with Crippen LogP contribution in [-0.4, -0.2) is 15.9 Å². The van der Waals surface area contributed by atoms with Crippen LogP contribution in [0.3, 0.4) is 0 Å². The summed E-state index contributed by atoms with van der Waals surface area (Å²) in [5, 5.41) is 2.84. The molecule has 3 aromatic rings. The van der Waals surface area contributed by atoms with Gasteiger partial charge in [0.25, 0.3) is 5.91 Å². The zero-order valence-electron chi connectivity index (χ0n) is 11.4. The Kier molecular flexibility index (Phi) is 3.39. The Labute approximate surface area is 121 Å². The van der Waals surface area contributed by atoms with E-state index in [1.165, 1.54) is 24.3 Å². The molecule has 5 heteroatoms. The summed E-state index contributed by atoms with van der Waals surface area (Å²) >= 11 is 0. The van der Waals surface area contributed by atoms with Crippen LogP contribution in [-0.2, 0) is 0 Å². The zero-order chi connectivity index (χ0) is 14.8. The van der Waals surface area contributed by atoms with Crippen LogP contribution in [0.15, 0.2) is 48.5 Å². The molecule has 0 unspecified atom stereocenters. The molecule has 0 aliphatic rings. The van der Waals surface area contributed by atoms with Gasteiger partial charge in [-0.25, -0.2) is 9.37 Å². The topological polar surface area (TPSA) is 57.8 Å². The van der Waals surface area contributed by atoms with E-state index in [1.807, 2.05) is 31.2 Å². The highest BCUT2D eigenvalue weighted by Crippen LogP contribution is 2.16. The highest BCUT2D eigenvalue weighted by molar-refractivity contribution is 5.94. The van der Waals surface area contributed by atoms with E-state index in [9.17, 15) is 9.18 Å². The van der Waals surface area contributed by atoms with Crippen LogP contribution in [0.1, 0.15) is 29.1 Å². The van der Waals surface area contributed by atoms with E-state index >= 15 is 0 Å². The molecule has 0 fully saturated rings. The third-order valence-electron chi connectivity index (χ3n) is 3.27. The number of benzene rings is 2. The predicted molar refractivity (Wildman–Crippen MR) is 78.4 cm³/mol. The molecule has 0 saturated carbocycles. The SMILES string of the molecule is C[C@@H](NC(=O)c1ccc(F)cc1)c1nc2ccccc2[nH]1. The number of nitrogens with zero attached hydrogens (tertiary/aromatic N) is 1. The number of carbonyl (C=O) groups excluding carboxylic acids is 1. The first kappa shape index (κ1) is 13.3. The van der Waals surface area contributed by atoms with Crippen molar-refractivity contribution in [3.63, 3.8) is 0 Å². The van der Waals surface area contributed by atoms with Gasteiger partial charge in [0.1, 0.15) is 11.6 Å². The lowest BCUT2D eigenvalue weighted by Gasteiger charge is -2.11. The highest BCUT2D eigenvalue weighted by Gasteiger charge is 2.14. The van der Waals surface area contributed by atoms with E-state index < -0.39 is 0 Å². The molecule has 3 rings (SSSR count). The number of hydrogen-bond acceptors (Lipinski definition) is 2.